The third kappa shape index (κ3) is 4.59. The summed E-state index contributed by atoms with van der Waals surface area (Å²) in [6.07, 6.45) is 3.67. The number of carbonyl (C=O) groups excluding carboxylic acids is 1. The molecule has 0 radical (unpaired) electrons. The first kappa shape index (κ1) is 19.5. The quantitative estimate of drug-likeness (QED) is 0.686. The summed E-state index contributed by atoms with van der Waals surface area (Å²) in [5.74, 6) is -1.12. The number of sulfone groups is 1. The fraction of sp³-hybridized carbons (Fsp3) is 0.261. The van der Waals surface area contributed by atoms with Crippen LogP contribution in [-0.2, 0) is 14.6 Å². The summed E-state index contributed by atoms with van der Waals surface area (Å²) in [7, 11) is -3.72. The molecule has 5 nitrogen and oxygen atoms in total. The molecule has 29 heavy (non-hydrogen) atoms. The first-order chi connectivity index (χ1) is 14.0. The van der Waals surface area contributed by atoms with E-state index in [0.29, 0.717) is 5.69 Å². The Bertz CT molecular complexity index is 1120. The summed E-state index contributed by atoms with van der Waals surface area (Å²) < 4.78 is 25.3. The van der Waals surface area contributed by atoms with Crippen LogP contribution in [0.25, 0.3) is 10.8 Å². The second-order valence-corrected chi connectivity index (χ2v) is 9.40. The third-order valence-electron chi connectivity index (χ3n) is 5.27. The molecule has 1 fully saturated rings. The van der Waals surface area contributed by atoms with Crippen LogP contribution in [0.2, 0.25) is 0 Å². The molecule has 1 saturated heterocycles. The van der Waals surface area contributed by atoms with Gasteiger partial charge in [0.25, 0.3) is 0 Å². The van der Waals surface area contributed by atoms with E-state index in [9.17, 15) is 13.2 Å². The van der Waals surface area contributed by atoms with E-state index < -0.39 is 21.5 Å². The number of fused-ring (bicyclic) bond motifs is 1. The zero-order chi connectivity index (χ0) is 20.3. The largest absolute Gasteiger partial charge is 0.372 e. The highest BCUT2D eigenvalue weighted by molar-refractivity contribution is 7.92. The number of benzene rings is 3. The Labute approximate surface area is 171 Å². The van der Waals surface area contributed by atoms with Crippen molar-refractivity contribution in [1.82, 2.24) is 0 Å². The molecule has 4 rings (SSSR count). The van der Waals surface area contributed by atoms with E-state index in [1.54, 1.807) is 18.2 Å². The Morgan fingerprint density at radius 1 is 0.862 bits per heavy atom. The van der Waals surface area contributed by atoms with Gasteiger partial charge in [0.05, 0.1) is 4.90 Å². The summed E-state index contributed by atoms with van der Waals surface area (Å²) in [5, 5.41) is 4.50. The van der Waals surface area contributed by atoms with Crippen LogP contribution >= 0.6 is 0 Å². The van der Waals surface area contributed by atoms with Crippen LogP contribution in [0.3, 0.4) is 0 Å². The van der Waals surface area contributed by atoms with Crippen molar-refractivity contribution in [2.24, 2.45) is 0 Å². The van der Waals surface area contributed by atoms with Crippen LogP contribution < -0.4 is 10.2 Å². The average Bonchev–Trinajstić information content (AvgIpc) is 2.74. The first-order valence-electron chi connectivity index (χ1n) is 9.88. The zero-order valence-corrected chi connectivity index (χ0v) is 17.0. The molecular weight excluding hydrogens is 384 g/mol. The summed E-state index contributed by atoms with van der Waals surface area (Å²) >= 11 is 0. The van der Waals surface area contributed by atoms with Gasteiger partial charge in [-0.1, -0.05) is 30.3 Å². The zero-order valence-electron chi connectivity index (χ0n) is 16.2. The molecule has 1 aliphatic heterocycles. The number of rotatable bonds is 5. The van der Waals surface area contributed by atoms with E-state index in [1.165, 1.54) is 19.3 Å². The lowest BCUT2D eigenvalue weighted by Crippen LogP contribution is -2.29. The first-order valence-corrected chi connectivity index (χ1v) is 11.5. The summed E-state index contributed by atoms with van der Waals surface area (Å²) in [6.45, 7) is 2.10. The van der Waals surface area contributed by atoms with E-state index in [2.05, 4.69) is 10.2 Å². The van der Waals surface area contributed by atoms with Crippen molar-refractivity contribution < 1.29 is 13.2 Å². The third-order valence-corrected chi connectivity index (χ3v) is 6.89. The lowest BCUT2D eigenvalue weighted by atomic mass is 10.1. The predicted molar refractivity (Wildman–Crippen MR) is 117 cm³/mol. The van der Waals surface area contributed by atoms with Crippen molar-refractivity contribution in [2.75, 3.05) is 29.1 Å². The number of hydrogen-bond acceptors (Lipinski definition) is 4. The van der Waals surface area contributed by atoms with Gasteiger partial charge >= 0.3 is 0 Å². The number of piperidine rings is 1. The van der Waals surface area contributed by atoms with Crippen LogP contribution in [0.1, 0.15) is 19.3 Å². The maximum Gasteiger partial charge on any atom is 0.239 e. The summed E-state index contributed by atoms with van der Waals surface area (Å²) in [5.41, 5.74) is 1.73. The fourth-order valence-electron chi connectivity index (χ4n) is 3.72. The van der Waals surface area contributed by atoms with Gasteiger partial charge in [-0.2, -0.15) is 0 Å². The minimum Gasteiger partial charge on any atom is -0.372 e. The van der Waals surface area contributed by atoms with E-state index >= 15 is 0 Å². The SMILES string of the molecule is O=C(CS(=O)(=O)c1ccc2ccccc2c1)Nc1ccc(N2CCCCC2)cc1. The van der Waals surface area contributed by atoms with Crippen molar-refractivity contribution in [3.8, 4) is 0 Å². The van der Waals surface area contributed by atoms with Gasteiger partial charge in [-0.15, -0.1) is 0 Å². The highest BCUT2D eigenvalue weighted by Crippen LogP contribution is 2.23. The Hall–Kier alpha value is -2.86. The molecule has 1 aliphatic rings. The number of anilines is 2. The molecule has 3 aromatic rings. The molecule has 1 N–H and O–H groups in total. The Balaban J connectivity index is 1.42. The van der Waals surface area contributed by atoms with Gasteiger partial charge in [0.2, 0.25) is 5.91 Å². The molecule has 0 atom stereocenters. The van der Waals surface area contributed by atoms with Crippen molar-refractivity contribution in [3.05, 3.63) is 66.7 Å². The standard InChI is InChI=1S/C23H24N2O3S/c26-23(24-20-9-11-21(12-10-20)25-14-4-1-5-15-25)17-29(27,28)22-13-8-18-6-2-3-7-19(18)16-22/h2-3,6-13,16H,1,4-5,14-15,17H2,(H,24,26). The number of nitrogens with zero attached hydrogens (tertiary/aromatic N) is 1. The highest BCUT2D eigenvalue weighted by atomic mass is 32.2. The fourth-order valence-corrected chi connectivity index (χ4v) is 4.89. The number of amides is 1. The Kier molecular flexibility index (Phi) is 5.53. The van der Waals surface area contributed by atoms with Gasteiger partial charge in [0.15, 0.2) is 9.84 Å². The maximum atomic E-state index is 12.7. The second kappa shape index (κ2) is 8.25. The smallest absolute Gasteiger partial charge is 0.239 e. The predicted octanol–water partition coefficient (Wildman–Crippen LogP) is 4.24. The van der Waals surface area contributed by atoms with Crippen LogP contribution in [0.4, 0.5) is 11.4 Å². The molecule has 150 valence electrons. The molecule has 0 unspecified atom stereocenters. The normalized spacial score (nSPS) is 14.7. The summed E-state index contributed by atoms with van der Waals surface area (Å²) in [6, 6.07) is 20.1. The van der Waals surface area contributed by atoms with Crippen molar-refractivity contribution in [3.63, 3.8) is 0 Å². The van der Waals surface area contributed by atoms with Crippen LogP contribution in [0, 0.1) is 0 Å². The van der Waals surface area contributed by atoms with Crippen LogP contribution in [0.5, 0.6) is 0 Å². The van der Waals surface area contributed by atoms with Crippen molar-refractivity contribution in [2.45, 2.75) is 24.2 Å². The van der Waals surface area contributed by atoms with Crippen LogP contribution in [-0.4, -0.2) is 33.2 Å². The molecular formula is C23H24N2O3S. The molecule has 0 saturated carbocycles. The molecule has 3 aromatic carbocycles. The Morgan fingerprint density at radius 2 is 1.55 bits per heavy atom. The minimum absolute atomic E-state index is 0.159. The van der Waals surface area contributed by atoms with Crippen LogP contribution in [0.15, 0.2) is 71.6 Å². The van der Waals surface area contributed by atoms with Gasteiger partial charge in [-0.05, 0) is 66.4 Å². The lowest BCUT2D eigenvalue weighted by molar-refractivity contribution is -0.113. The highest BCUT2D eigenvalue weighted by Gasteiger charge is 2.20. The number of carbonyl (C=O) groups is 1. The monoisotopic (exact) mass is 408 g/mol. The number of nitrogens with one attached hydrogen (secondary N) is 1. The topological polar surface area (TPSA) is 66.5 Å². The van der Waals surface area contributed by atoms with Gasteiger partial charge in [0.1, 0.15) is 5.75 Å². The lowest BCUT2D eigenvalue weighted by Gasteiger charge is -2.28. The average molecular weight is 409 g/mol. The van der Waals surface area contributed by atoms with Gasteiger partial charge in [-0.3, -0.25) is 4.79 Å². The van der Waals surface area contributed by atoms with Gasteiger partial charge < -0.3 is 10.2 Å². The Morgan fingerprint density at radius 3 is 2.28 bits per heavy atom. The number of hydrogen-bond donors (Lipinski definition) is 1. The molecule has 0 aliphatic carbocycles. The molecule has 1 heterocycles. The van der Waals surface area contributed by atoms with Crippen molar-refractivity contribution >= 4 is 37.9 Å². The molecule has 6 heteroatoms. The van der Waals surface area contributed by atoms with Crippen molar-refractivity contribution in [1.29, 1.82) is 0 Å². The van der Waals surface area contributed by atoms with E-state index in [-0.39, 0.29) is 4.90 Å². The second-order valence-electron chi connectivity index (χ2n) is 7.41. The molecule has 0 bridgehead atoms. The minimum atomic E-state index is -3.72. The summed E-state index contributed by atoms with van der Waals surface area (Å²) in [4.78, 5) is 14.8. The van der Waals surface area contributed by atoms with E-state index in [4.69, 9.17) is 0 Å². The molecule has 0 aromatic heterocycles. The molecule has 0 spiro atoms. The van der Waals surface area contributed by atoms with Gasteiger partial charge in [0, 0.05) is 24.5 Å². The molecule has 1 amide bonds. The van der Waals surface area contributed by atoms with E-state index in [0.717, 1.165) is 29.5 Å². The van der Waals surface area contributed by atoms with Gasteiger partial charge in [-0.25, -0.2) is 8.42 Å². The maximum absolute atomic E-state index is 12.7. The van der Waals surface area contributed by atoms with E-state index in [1.807, 2.05) is 48.5 Å².